The fraction of sp³-hybridized carbons (Fsp3) is 0.105. The first-order valence-corrected chi connectivity index (χ1v) is 9.81. The minimum atomic E-state index is -0.264. The van der Waals surface area contributed by atoms with E-state index in [1.54, 1.807) is 6.08 Å². The van der Waals surface area contributed by atoms with Crippen LogP contribution in [-0.2, 0) is 6.54 Å². The molecule has 1 heterocycles. The van der Waals surface area contributed by atoms with Gasteiger partial charge in [0.05, 0.1) is 5.03 Å². The Labute approximate surface area is 169 Å². The molecule has 3 aromatic rings. The maximum atomic E-state index is 12.3. The molecule has 0 radical (unpaired) electrons. The van der Waals surface area contributed by atoms with Gasteiger partial charge in [0.15, 0.2) is 5.01 Å². The summed E-state index contributed by atoms with van der Waals surface area (Å²) in [5.41, 5.74) is 3.14. The molecular formula is C19H15BrClN3OS. The molecule has 0 bridgehead atoms. The van der Waals surface area contributed by atoms with E-state index in [1.165, 1.54) is 5.56 Å². The van der Waals surface area contributed by atoms with Crippen LogP contribution >= 0.6 is 38.9 Å². The Balaban J connectivity index is 1.67. The van der Waals surface area contributed by atoms with Gasteiger partial charge in [0.25, 0.3) is 5.91 Å². The van der Waals surface area contributed by atoms with E-state index in [-0.39, 0.29) is 10.9 Å². The van der Waals surface area contributed by atoms with Crippen LogP contribution in [0.25, 0.3) is 11.1 Å². The zero-order chi connectivity index (χ0) is 18.5. The number of aromatic nitrogens is 2. The van der Waals surface area contributed by atoms with Crippen molar-refractivity contribution in [3.63, 3.8) is 0 Å². The number of benzene rings is 2. The molecule has 0 aliphatic heterocycles. The molecule has 1 amide bonds. The highest BCUT2D eigenvalue weighted by molar-refractivity contribution is 9.10. The number of carbonyl (C=O) groups excluding carboxylic acids is 1. The third-order valence-corrected chi connectivity index (χ3v) is 5.66. The number of nitrogens with one attached hydrogen (secondary N) is 1. The third-order valence-electron chi connectivity index (χ3n) is 3.58. The first-order valence-electron chi connectivity index (χ1n) is 7.82. The molecule has 4 nitrogen and oxygen atoms in total. The van der Waals surface area contributed by atoms with E-state index in [0.29, 0.717) is 16.6 Å². The highest BCUT2D eigenvalue weighted by Gasteiger charge is 2.14. The average molecular weight is 449 g/mol. The highest BCUT2D eigenvalue weighted by Crippen LogP contribution is 2.27. The van der Waals surface area contributed by atoms with Crippen molar-refractivity contribution in [1.29, 1.82) is 0 Å². The molecule has 26 heavy (non-hydrogen) atoms. The lowest BCUT2D eigenvalue weighted by molar-refractivity contribution is 0.0950. The number of halogens is 2. The standard InChI is InChI=1S/C19H15BrClN3OS/c1-12-6-8-13(9-7-12)11-22-17(25)19-24-23-18(26-19)16(21)10-14-4-2-3-5-15(14)20/h2-10H,11H2,1H3,(H,22,25)/b16-10-. The van der Waals surface area contributed by atoms with Gasteiger partial charge in [-0.15, -0.1) is 10.2 Å². The number of hydrogen-bond acceptors (Lipinski definition) is 4. The zero-order valence-electron chi connectivity index (χ0n) is 13.9. The number of hydrogen-bond donors (Lipinski definition) is 1. The molecule has 7 heteroatoms. The number of rotatable bonds is 5. The summed E-state index contributed by atoms with van der Waals surface area (Å²) in [6.45, 7) is 2.46. The summed E-state index contributed by atoms with van der Waals surface area (Å²) in [4.78, 5) is 12.3. The van der Waals surface area contributed by atoms with Crippen molar-refractivity contribution >= 4 is 55.9 Å². The summed E-state index contributed by atoms with van der Waals surface area (Å²) in [6, 6.07) is 15.7. The molecule has 0 aliphatic rings. The van der Waals surface area contributed by atoms with Gasteiger partial charge in [-0.3, -0.25) is 4.79 Å². The van der Waals surface area contributed by atoms with E-state index in [2.05, 4.69) is 31.4 Å². The minimum absolute atomic E-state index is 0.264. The van der Waals surface area contributed by atoms with Crippen LogP contribution in [0.15, 0.2) is 53.0 Å². The van der Waals surface area contributed by atoms with E-state index >= 15 is 0 Å². The topological polar surface area (TPSA) is 54.9 Å². The summed E-state index contributed by atoms with van der Waals surface area (Å²) in [5.74, 6) is -0.264. The third kappa shape index (κ3) is 4.78. The second-order valence-electron chi connectivity index (χ2n) is 5.59. The summed E-state index contributed by atoms with van der Waals surface area (Å²) >= 11 is 11.0. The van der Waals surface area contributed by atoms with Crippen LogP contribution in [0.1, 0.15) is 31.5 Å². The van der Waals surface area contributed by atoms with Gasteiger partial charge in [0.1, 0.15) is 0 Å². The summed E-state index contributed by atoms with van der Waals surface area (Å²) in [5, 5.41) is 12.0. The average Bonchev–Trinajstić information content (AvgIpc) is 3.13. The van der Waals surface area contributed by atoms with Crippen molar-refractivity contribution in [3.05, 3.63) is 79.7 Å². The molecule has 0 saturated carbocycles. The van der Waals surface area contributed by atoms with Crippen molar-refractivity contribution in [2.75, 3.05) is 0 Å². The van der Waals surface area contributed by atoms with Gasteiger partial charge in [0.2, 0.25) is 5.01 Å². The summed E-state index contributed by atoms with van der Waals surface area (Å²) in [6.07, 6.45) is 1.79. The molecule has 2 aromatic carbocycles. The Kier molecular flexibility index (Phi) is 6.19. The van der Waals surface area contributed by atoms with E-state index in [1.807, 2.05) is 55.5 Å². The van der Waals surface area contributed by atoms with Crippen LogP contribution in [0.2, 0.25) is 0 Å². The Morgan fingerprint density at radius 2 is 1.85 bits per heavy atom. The van der Waals surface area contributed by atoms with Crippen molar-refractivity contribution in [2.24, 2.45) is 0 Å². The Morgan fingerprint density at radius 3 is 2.58 bits per heavy atom. The quantitative estimate of drug-likeness (QED) is 0.578. The molecule has 132 valence electrons. The predicted molar refractivity (Wildman–Crippen MR) is 110 cm³/mol. The van der Waals surface area contributed by atoms with Gasteiger partial charge in [-0.05, 0) is 30.2 Å². The van der Waals surface area contributed by atoms with E-state index in [4.69, 9.17) is 11.6 Å². The van der Waals surface area contributed by atoms with Gasteiger partial charge in [-0.2, -0.15) is 0 Å². The Bertz CT molecular complexity index is 953. The van der Waals surface area contributed by atoms with Gasteiger partial charge in [-0.25, -0.2) is 0 Å². The molecule has 0 fully saturated rings. The van der Waals surface area contributed by atoms with Gasteiger partial charge < -0.3 is 5.32 Å². The van der Waals surface area contributed by atoms with Crippen molar-refractivity contribution in [2.45, 2.75) is 13.5 Å². The molecule has 3 rings (SSSR count). The monoisotopic (exact) mass is 447 g/mol. The van der Waals surface area contributed by atoms with Crippen molar-refractivity contribution < 1.29 is 4.79 Å². The molecule has 1 N–H and O–H groups in total. The van der Waals surface area contributed by atoms with Crippen molar-refractivity contribution in [1.82, 2.24) is 15.5 Å². The largest absolute Gasteiger partial charge is 0.346 e. The van der Waals surface area contributed by atoms with Crippen LogP contribution in [0, 0.1) is 6.92 Å². The second kappa shape index (κ2) is 8.58. The lowest BCUT2D eigenvalue weighted by Gasteiger charge is -2.03. The van der Waals surface area contributed by atoms with Crippen LogP contribution in [-0.4, -0.2) is 16.1 Å². The first-order chi connectivity index (χ1) is 12.5. The zero-order valence-corrected chi connectivity index (χ0v) is 17.0. The Morgan fingerprint density at radius 1 is 1.15 bits per heavy atom. The SMILES string of the molecule is Cc1ccc(CNC(=O)c2nnc(/C(Cl)=C/c3ccccc3Br)s2)cc1. The molecule has 0 saturated heterocycles. The number of nitrogens with zero attached hydrogens (tertiary/aromatic N) is 2. The smallest absolute Gasteiger partial charge is 0.282 e. The lowest BCUT2D eigenvalue weighted by atomic mass is 10.1. The second-order valence-corrected chi connectivity index (χ2v) is 7.83. The van der Waals surface area contributed by atoms with E-state index in [9.17, 15) is 4.79 Å². The number of amides is 1. The normalized spacial score (nSPS) is 11.4. The molecule has 0 aliphatic carbocycles. The molecular weight excluding hydrogens is 434 g/mol. The van der Waals surface area contributed by atoms with Crippen LogP contribution in [0.5, 0.6) is 0 Å². The maximum absolute atomic E-state index is 12.3. The van der Waals surface area contributed by atoms with Crippen LogP contribution in [0.4, 0.5) is 0 Å². The molecule has 0 spiro atoms. The maximum Gasteiger partial charge on any atom is 0.282 e. The molecule has 0 atom stereocenters. The fourth-order valence-electron chi connectivity index (χ4n) is 2.17. The minimum Gasteiger partial charge on any atom is -0.346 e. The fourth-order valence-corrected chi connectivity index (χ4v) is 3.50. The number of aryl methyl sites for hydroxylation is 1. The van der Waals surface area contributed by atoms with Gasteiger partial charge in [-0.1, -0.05) is 86.9 Å². The first kappa shape index (κ1) is 18.8. The van der Waals surface area contributed by atoms with Crippen LogP contribution in [0.3, 0.4) is 0 Å². The molecule has 1 aromatic heterocycles. The Hall–Kier alpha value is -2.02. The van der Waals surface area contributed by atoms with E-state index in [0.717, 1.165) is 26.9 Å². The van der Waals surface area contributed by atoms with Gasteiger partial charge >= 0.3 is 0 Å². The summed E-state index contributed by atoms with van der Waals surface area (Å²) in [7, 11) is 0. The van der Waals surface area contributed by atoms with Crippen molar-refractivity contribution in [3.8, 4) is 0 Å². The van der Waals surface area contributed by atoms with Gasteiger partial charge in [0, 0.05) is 11.0 Å². The predicted octanol–water partition coefficient (Wildman–Crippen LogP) is 5.28. The summed E-state index contributed by atoms with van der Waals surface area (Å²) < 4.78 is 0.929. The lowest BCUT2D eigenvalue weighted by Crippen LogP contribution is -2.22. The van der Waals surface area contributed by atoms with Crippen LogP contribution < -0.4 is 5.32 Å². The number of carbonyl (C=O) groups is 1. The molecule has 0 unspecified atom stereocenters. The van der Waals surface area contributed by atoms with E-state index < -0.39 is 0 Å². The highest BCUT2D eigenvalue weighted by atomic mass is 79.9.